The third kappa shape index (κ3) is 3.75. The number of aromatic hydroxyl groups is 1. The van der Waals surface area contributed by atoms with E-state index >= 15 is 0 Å². The van der Waals surface area contributed by atoms with E-state index in [2.05, 4.69) is 5.32 Å². The van der Waals surface area contributed by atoms with Crippen molar-refractivity contribution in [3.63, 3.8) is 0 Å². The summed E-state index contributed by atoms with van der Waals surface area (Å²) in [5.41, 5.74) is 0.896. The van der Waals surface area contributed by atoms with Crippen LogP contribution in [0.5, 0.6) is 5.75 Å². The molecule has 1 atom stereocenters. The third-order valence-corrected chi connectivity index (χ3v) is 2.85. The molecule has 1 aliphatic rings. The molecule has 1 aliphatic heterocycles. The molecule has 1 saturated heterocycles. The van der Waals surface area contributed by atoms with Gasteiger partial charge < -0.3 is 15.2 Å². The van der Waals surface area contributed by atoms with Gasteiger partial charge in [0.15, 0.2) is 0 Å². The molecule has 2 N–H and O–H groups in total. The van der Waals surface area contributed by atoms with Gasteiger partial charge in [0.1, 0.15) is 5.75 Å². The van der Waals surface area contributed by atoms with Crippen molar-refractivity contribution in [2.75, 3.05) is 13.2 Å². The van der Waals surface area contributed by atoms with Gasteiger partial charge in [0.05, 0.1) is 12.5 Å². The minimum absolute atomic E-state index is 0.00816. The van der Waals surface area contributed by atoms with Crippen molar-refractivity contribution in [3.8, 4) is 5.75 Å². The Morgan fingerprint density at radius 3 is 2.82 bits per heavy atom. The lowest BCUT2D eigenvalue weighted by Gasteiger charge is -2.10. The fourth-order valence-corrected chi connectivity index (χ4v) is 1.89. The van der Waals surface area contributed by atoms with Crippen molar-refractivity contribution in [3.05, 3.63) is 29.8 Å². The molecule has 1 unspecified atom stereocenters. The number of carbonyl (C=O) groups is 1. The van der Waals surface area contributed by atoms with E-state index in [9.17, 15) is 4.79 Å². The Labute approximate surface area is 101 Å². The van der Waals surface area contributed by atoms with E-state index in [1.807, 2.05) is 0 Å². The molecule has 2 rings (SSSR count). The quantitative estimate of drug-likeness (QED) is 0.825. The van der Waals surface area contributed by atoms with Gasteiger partial charge in [-0.15, -0.1) is 0 Å². The van der Waals surface area contributed by atoms with Crippen molar-refractivity contribution in [2.24, 2.45) is 0 Å². The van der Waals surface area contributed by atoms with E-state index in [1.165, 1.54) is 0 Å². The molecule has 17 heavy (non-hydrogen) atoms. The van der Waals surface area contributed by atoms with Crippen LogP contribution in [-0.2, 0) is 16.0 Å². The number of amides is 1. The highest BCUT2D eigenvalue weighted by atomic mass is 16.5. The molecule has 1 heterocycles. The van der Waals surface area contributed by atoms with Crippen molar-refractivity contribution in [2.45, 2.75) is 25.4 Å². The summed E-state index contributed by atoms with van der Waals surface area (Å²) in [7, 11) is 0. The molecule has 92 valence electrons. The summed E-state index contributed by atoms with van der Waals surface area (Å²) < 4.78 is 5.42. The Kier molecular flexibility index (Phi) is 3.98. The molecule has 1 amide bonds. The molecule has 0 bridgehead atoms. The monoisotopic (exact) mass is 235 g/mol. The first kappa shape index (κ1) is 11.9. The van der Waals surface area contributed by atoms with Crippen molar-refractivity contribution >= 4 is 5.91 Å². The maximum Gasteiger partial charge on any atom is 0.224 e. The van der Waals surface area contributed by atoms with Gasteiger partial charge in [-0.3, -0.25) is 4.79 Å². The zero-order valence-corrected chi connectivity index (χ0v) is 9.69. The average molecular weight is 235 g/mol. The third-order valence-electron chi connectivity index (χ3n) is 2.85. The second-order valence-corrected chi connectivity index (χ2v) is 4.28. The Morgan fingerprint density at radius 2 is 2.18 bits per heavy atom. The van der Waals surface area contributed by atoms with E-state index in [4.69, 9.17) is 9.84 Å². The predicted molar refractivity (Wildman–Crippen MR) is 63.8 cm³/mol. The van der Waals surface area contributed by atoms with Gasteiger partial charge >= 0.3 is 0 Å². The van der Waals surface area contributed by atoms with Crippen LogP contribution >= 0.6 is 0 Å². The summed E-state index contributed by atoms with van der Waals surface area (Å²) in [5.74, 6) is 0.208. The van der Waals surface area contributed by atoms with Crippen LogP contribution in [0.15, 0.2) is 24.3 Å². The maximum atomic E-state index is 11.6. The number of ether oxygens (including phenoxy) is 1. The Hall–Kier alpha value is -1.55. The summed E-state index contributed by atoms with van der Waals surface area (Å²) in [4.78, 5) is 11.6. The largest absolute Gasteiger partial charge is 0.508 e. The van der Waals surface area contributed by atoms with Crippen molar-refractivity contribution in [1.29, 1.82) is 0 Å². The second kappa shape index (κ2) is 5.68. The van der Waals surface area contributed by atoms with E-state index in [0.29, 0.717) is 13.0 Å². The molecule has 0 saturated carbocycles. The SMILES string of the molecule is O=C(Cc1ccc(O)cc1)NCC1CCCO1. The zero-order chi connectivity index (χ0) is 12.1. The van der Waals surface area contributed by atoms with Crippen molar-refractivity contribution in [1.82, 2.24) is 5.32 Å². The van der Waals surface area contributed by atoms with Crippen molar-refractivity contribution < 1.29 is 14.6 Å². The number of carbonyl (C=O) groups excluding carboxylic acids is 1. The van der Waals surface area contributed by atoms with Gasteiger partial charge in [0.2, 0.25) is 5.91 Å². The lowest BCUT2D eigenvalue weighted by molar-refractivity contribution is -0.120. The van der Waals surface area contributed by atoms with Gasteiger partial charge in [0, 0.05) is 13.2 Å². The highest BCUT2D eigenvalue weighted by Crippen LogP contribution is 2.11. The number of hydrogen-bond donors (Lipinski definition) is 2. The van der Waals surface area contributed by atoms with Gasteiger partial charge in [-0.05, 0) is 30.5 Å². The van der Waals surface area contributed by atoms with Crippen LogP contribution in [0, 0.1) is 0 Å². The zero-order valence-electron chi connectivity index (χ0n) is 9.69. The Bertz CT molecular complexity index is 369. The van der Waals surface area contributed by atoms with Gasteiger partial charge in [-0.2, -0.15) is 0 Å². The summed E-state index contributed by atoms with van der Waals surface area (Å²) >= 11 is 0. The minimum atomic E-state index is -0.00816. The highest BCUT2D eigenvalue weighted by Gasteiger charge is 2.16. The highest BCUT2D eigenvalue weighted by molar-refractivity contribution is 5.78. The maximum absolute atomic E-state index is 11.6. The second-order valence-electron chi connectivity index (χ2n) is 4.28. The standard InChI is InChI=1S/C13H17NO3/c15-11-5-3-10(4-6-11)8-13(16)14-9-12-2-1-7-17-12/h3-6,12,15H,1-2,7-9H2,(H,14,16). The summed E-state index contributed by atoms with van der Waals surface area (Å²) in [6.45, 7) is 1.40. The number of phenols is 1. The van der Waals surface area contributed by atoms with Crippen LogP contribution in [0.2, 0.25) is 0 Å². The minimum Gasteiger partial charge on any atom is -0.508 e. The fraction of sp³-hybridized carbons (Fsp3) is 0.462. The molecule has 0 radical (unpaired) electrons. The van der Waals surface area contributed by atoms with E-state index in [1.54, 1.807) is 24.3 Å². The molecular formula is C13H17NO3. The van der Waals surface area contributed by atoms with E-state index in [-0.39, 0.29) is 17.8 Å². The van der Waals surface area contributed by atoms with Crippen LogP contribution in [0.4, 0.5) is 0 Å². The Balaban J connectivity index is 1.74. The van der Waals surface area contributed by atoms with Crippen LogP contribution in [0.3, 0.4) is 0 Å². The van der Waals surface area contributed by atoms with E-state index < -0.39 is 0 Å². The van der Waals surface area contributed by atoms with Gasteiger partial charge in [-0.1, -0.05) is 12.1 Å². The molecular weight excluding hydrogens is 218 g/mol. The molecule has 0 aromatic heterocycles. The molecule has 1 aromatic carbocycles. The first-order valence-corrected chi connectivity index (χ1v) is 5.90. The number of rotatable bonds is 4. The normalized spacial score (nSPS) is 19.2. The lowest BCUT2D eigenvalue weighted by atomic mass is 10.1. The smallest absolute Gasteiger partial charge is 0.224 e. The van der Waals surface area contributed by atoms with Crippen LogP contribution in [-0.4, -0.2) is 30.3 Å². The Morgan fingerprint density at radius 1 is 1.41 bits per heavy atom. The molecule has 1 fully saturated rings. The summed E-state index contributed by atoms with van der Waals surface area (Å²) in [5, 5.41) is 12.0. The lowest BCUT2D eigenvalue weighted by Crippen LogP contribution is -2.32. The van der Waals surface area contributed by atoms with Gasteiger partial charge in [-0.25, -0.2) is 0 Å². The van der Waals surface area contributed by atoms with Gasteiger partial charge in [0.25, 0.3) is 0 Å². The van der Waals surface area contributed by atoms with E-state index in [0.717, 1.165) is 25.0 Å². The molecule has 4 nitrogen and oxygen atoms in total. The molecule has 4 heteroatoms. The molecule has 0 aliphatic carbocycles. The number of phenolic OH excluding ortho intramolecular Hbond substituents is 1. The average Bonchev–Trinajstić information content (AvgIpc) is 2.83. The first-order chi connectivity index (χ1) is 8.24. The number of nitrogens with one attached hydrogen (secondary N) is 1. The van der Waals surface area contributed by atoms with Crippen LogP contribution in [0.25, 0.3) is 0 Å². The molecule has 0 spiro atoms. The topological polar surface area (TPSA) is 58.6 Å². The van der Waals surface area contributed by atoms with Crippen LogP contribution < -0.4 is 5.32 Å². The predicted octanol–water partition coefficient (Wildman–Crippen LogP) is 1.23. The molecule has 1 aromatic rings. The number of hydrogen-bond acceptors (Lipinski definition) is 3. The first-order valence-electron chi connectivity index (χ1n) is 5.90. The van der Waals surface area contributed by atoms with Crippen LogP contribution in [0.1, 0.15) is 18.4 Å². The number of benzene rings is 1. The summed E-state index contributed by atoms with van der Waals surface area (Å²) in [6, 6.07) is 6.67. The fourth-order valence-electron chi connectivity index (χ4n) is 1.89. The summed E-state index contributed by atoms with van der Waals surface area (Å²) in [6.07, 6.45) is 2.63.